The van der Waals surface area contributed by atoms with Crippen LogP contribution in [0.25, 0.3) is 11.2 Å². The van der Waals surface area contributed by atoms with E-state index in [4.69, 9.17) is 0 Å². The molecule has 1 aliphatic heterocycles. The van der Waals surface area contributed by atoms with Crippen molar-refractivity contribution in [2.75, 3.05) is 13.1 Å². The molecule has 1 fully saturated rings. The number of nitrogens with one attached hydrogen (secondary N) is 2. The highest BCUT2D eigenvalue weighted by Gasteiger charge is 2.20. The van der Waals surface area contributed by atoms with Crippen molar-refractivity contribution in [1.29, 1.82) is 0 Å². The van der Waals surface area contributed by atoms with E-state index in [0.29, 0.717) is 11.2 Å². The van der Waals surface area contributed by atoms with E-state index in [1.807, 2.05) is 4.57 Å². The van der Waals surface area contributed by atoms with Crippen LogP contribution in [-0.2, 0) is 7.05 Å². The summed E-state index contributed by atoms with van der Waals surface area (Å²) in [6.07, 6.45) is 3.59. The topological polar surface area (TPSA) is 84.7 Å². The zero-order chi connectivity index (χ0) is 12.7. The molecule has 0 spiro atoms. The summed E-state index contributed by atoms with van der Waals surface area (Å²) < 4.78 is 3.27. The van der Waals surface area contributed by atoms with E-state index in [-0.39, 0.29) is 11.6 Å². The first kappa shape index (κ1) is 11.2. The van der Waals surface area contributed by atoms with Gasteiger partial charge in [-0.15, -0.1) is 0 Å². The van der Waals surface area contributed by atoms with Crippen molar-refractivity contribution in [3.05, 3.63) is 27.2 Å². The highest BCUT2D eigenvalue weighted by molar-refractivity contribution is 5.69. The molecular weight excluding hydrogens is 234 g/mol. The van der Waals surface area contributed by atoms with Crippen molar-refractivity contribution in [2.45, 2.75) is 18.9 Å². The van der Waals surface area contributed by atoms with Gasteiger partial charge in [0.05, 0.1) is 6.33 Å². The molecule has 3 rings (SSSR count). The number of piperidine rings is 1. The number of aromatic nitrogens is 4. The Morgan fingerprint density at radius 2 is 2.06 bits per heavy atom. The third-order valence-corrected chi connectivity index (χ3v) is 3.53. The summed E-state index contributed by atoms with van der Waals surface area (Å²) in [5.74, 6) is 0. The fourth-order valence-corrected chi connectivity index (χ4v) is 2.51. The summed E-state index contributed by atoms with van der Waals surface area (Å²) in [6.45, 7) is 1.88. The first-order valence-electron chi connectivity index (χ1n) is 6.05. The Kier molecular flexibility index (Phi) is 2.55. The maximum Gasteiger partial charge on any atom is 0.329 e. The molecule has 0 bridgehead atoms. The van der Waals surface area contributed by atoms with Crippen LogP contribution in [0.5, 0.6) is 0 Å². The molecule has 96 valence electrons. The van der Waals surface area contributed by atoms with E-state index in [1.165, 1.54) is 4.57 Å². The molecule has 0 saturated carbocycles. The minimum atomic E-state index is -0.428. The number of hydrogen-bond acceptors (Lipinski definition) is 4. The Balaban J connectivity index is 2.22. The van der Waals surface area contributed by atoms with Crippen LogP contribution >= 0.6 is 0 Å². The molecule has 2 N–H and O–H groups in total. The molecule has 1 aliphatic rings. The van der Waals surface area contributed by atoms with E-state index in [9.17, 15) is 9.59 Å². The lowest BCUT2D eigenvalue weighted by atomic mass is 10.1. The number of rotatable bonds is 1. The summed E-state index contributed by atoms with van der Waals surface area (Å²) in [6, 6.07) is 0.273. The summed E-state index contributed by atoms with van der Waals surface area (Å²) >= 11 is 0. The van der Waals surface area contributed by atoms with E-state index in [0.717, 1.165) is 25.9 Å². The lowest BCUT2D eigenvalue weighted by Gasteiger charge is -2.24. The number of nitrogens with zero attached hydrogens (tertiary/aromatic N) is 3. The smallest absolute Gasteiger partial charge is 0.322 e. The standard InChI is InChI=1S/C11H15N5O2/c1-15-9-8(10(17)14-11(15)18)16(6-13-9)7-2-4-12-5-3-7/h6-7,12H,2-5H2,1H3,(H,14,17,18). The van der Waals surface area contributed by atoms with Crippen molar-refractivity contribution in [2.24, 2.45) is 7.05 Å². The van der Waals surface area contributed by atoms with Gasteiger partial charge >= 0.3 is 5.69 Å². The van der Waals surface area contributed by atoms with Crippen LogP contribution in [0.3, 0.4) is 0 Å². The zero-order valence-electron chi connectivity index (χ0n) is 10.1. The Hall–Kier alpha value is -1.89. The fraction of sp³-hybridized carbons (Fsp3) is 0.545. The highest BCUT2D eigenvalue weighted by Crippen LogP contribution is 2.21. The molecule has 0 atom stereocenters. The largest absolute Gasteiger partial charge is 0.329 e. The first-order valence-corrected chi connectivity index (χ1v) is 6.05. The maximum atomic E-state index is 11.9. The number of fused-ring (bicyclic) bond motifs is 1. The Bertz CT molecular complexity index is 690. The van der Waals surface area contributed by atoms with E-state index in [2.05, 4.69) is 15.3 Å². The lowest BCUT2D eigenvalue weighted by molar-refractivity contribution is 0.374. The molecule has 1 saturated heterocycles. The van der Waals surface area contributed by atoms with Crippen LogP contribution in [0, 0.1) is 0 Å². The molecular formula is C11H15N5O2. The summed E-state index contributed by atoms with van der Waals surface area (Å²) in [5, 5.41) is 3.28. The van der Waals surface area contributed by atoms with Gasteiger partial charge in [-0.25, -0.2) is 9.78 Å². The number of hydrogen-bond donors (Lipinski definition) is 2. The van der Waals surface area contributed by atoms with Crippen molar-refractivity contribution in [3.8, 4) is 0 Å². The molecule has 7 heteroatoms. The summed E-state index contributed by atoms with van der Waals surface area (Å²) in [4.78, 5) is 29.9. The van der Waals surface area contributed by atoms with Crippen molar-refractivity contribution in [3.63, 3.8) is 0 Å². The molecule has 0 aromatic carbocycles. The van der Waals surface area contributed by atoms with Gasteiger partial charge in [0.15, 0.2) is 11.2 Å². The Morgan fingerprint density at radius 3 is 2.78 bits per heavy atom. The number of H-pyrrole nitrogens is 1. The van der Waals surface area contributed by atoms with Gasteiger partial charge in [0, 0.05) is 13.1 Å². The van der Waals surface area contributed by atoms with Crippen molar-refractivity contribution >= 4 is 11.2 Å². The van der Waals surface area contributed by atoms with Gasteiger partial charge in [0.2, 0.25) is 0 Å². The molecule has 2 aromatic rings. The van der Waals surface area contributed by atoms with Gasteiger partial charge in [0.25, 0.3) is 5.56 Å². The van der Waals surface area contributed by atoms with Gasteiger partial charge in [-0.2, -0.15) is 0 Å². The number of aromatic amines is 1. The predicted octanol–water partition coefficient (Wildman–Crippen LogP) is -0.652. The van der Waals surface area contributed by atoms with E-state index < -0.39 is 5.69 Å². The third-order valence-electron chi connectivity index (χ3n) is 3.53. The van der Waals surface area contributed by atoms with Gasteiger partial charge in [-0.1, -0.05) is 0 Å². The van der Waals surface area contributed by atoms with E-state index in [1.54, 1.807) is 13.4 Å². The lowest BCUT2D eigenvalue weighted by Crippen LogP contribution is -2.32. The molecule has 0 unspecified atom stereocenters. The monoisotopic (exact) mass is 249 g/mol. The second kappa shape index (κ2) is 4.09. The SMILES string of the molecule is Cn1c(=O)[nH]c(=O)c2c1ncn2C1CCNCC1. The van der Waals surface area contributed by atoms with Crippen LogP contribution in [0.2, 0.25) is 0 Å². The number of aryl methyl sites for hydroxylation is 1. The summed E-state index contributed by atoms with van der Waals surface area (Å²) in [7, 11) is 1.61. The molecule has 2 aromatic heterocycles. The van der Waals surface area contributed by atoms with Crippen molar-refractivity contribution < 1.29 is 0 Å². The third kappa shape index (κ3) is 1.59. The van der Waals surface area contributed by atoms with Gasteiger partial charge in [-0.3, -0.25) is 14.3 Å². The van der Waals surface area contributed by atoms with Crippen LogP contribution in [0.4, 0.5) is 0 Å². The first-order chi connectivity index (χ1) is 8.68. The molecule has 0 radical (unpaired) electrons. The maximum absolute atomic E-state index is 11.9. The molecule has 0 amide bonds. The van der Waals surface area contributed by atoms with Crippen LogP contribution in [-0.4, -0.2) is 32.2 Å². The quantitative estimate of drug-likeness (QED) is 0.703. The van der Waals surface area contributed by atoms with Crippen LogP contribution in [0.1, 0.15) is 18.9 Å². The van der Waals surface area contributed by atoms with Crippen LogP contribution < -0.4 is 16.6 Å². The molecule has 3 heterocycles. The van der Waals surface area contributed by atoms with Gasteiger partial charge < -0.3 is 9.88 Å². The second-order valence-corrected chi connectivity index (χ2v) is 4.62. The predicted molar refractivity (Wildman–Crippen MR) is 66.7 cm³/mol. The minimum absolute atomic E-state index is 0.273. The molecule has 7 nitrogen and oxygen atoms in total. The average molecular weight is 249 g/mol. The van der Waals surface area contributed by atoms with Gasteiger partial charge in [0.1, 0.15) is 0 Å². The summed E-state index contributed by atoms with van der Waals surface area (Å²) in [5.41, 5.74) is 0.151. The Labute approximate surface area is 102 Å². The Morgan fingerprint density at radius 1 is 1.33 bits per heavy atom. The number of imidazole rings is 1. The average Bonchev–Trinajstić information content (AvgIpc) is 2.82. The normalized spacial score (nSPS) is 17.4. The minimum Gasteiger partial charge on any atom is -0.322 e. The molecule has 0 aliphatic carbocycles. The van der Waals surface area contributed by atoms with Crippen molar-refractivity contribution in [1.82, 2.24) is 24.4 Å². The zero-order valence-corrected chi connectivity index (χ0v) is 10.1. The molecule has 18 heavy (non-hydrogen) atoms. The van der Waals surface area contributed by atoms with Crippen LogP contribution in [0.15, 0.2) is 15.9 Å². The highest BCUT2D eigenvalue weighted by atomic mass is 16.2. The second-order valence-electron chi connectivity index (χ2n) is 4.62. The van der Waals surface area contributed by atoms with E-state index >= 15 is 0 Å². The van der Waals surface area contributed by atoms with Gasteiger partial charge in [-0.05, 0) is 25.9 Å². The fourth-order valence-electron chi connectivity index (χ4n) is 2.51.